The van der Waals surface area contributed by atoms with Gasteiger partial charge >= 0.3 is 0 Å². The number of hydrogen-bond donors (Lipinski definition) is 0. The third-order valence-corrected chi connectivity index (χ3v) is 21.0. The zero-order valence-electron chi connectivity index (χ0n) is 32.9. The van der Waals surface area contributed by atoms with Gasteiger partial charge in [0.1, 0.15) is 0 Å². The topological polar surface area (TPSA) is 0 Å². The van der Waals surface area contributed by atoms with Crippen LogP contribution in [0.1, 0.15) is 16.7 Å². The Balaban J connectivity index is 1.19. The lowest BCUT2D eigenvalue weighted by Gasteiger charge is -2.23. The summed E-state index contributed by atoms with van der Waals surface area (Å²) in [6.07, 6.45) is 0. The normalized spacial score (nSPS) is 12.1. The highest BCUT2D eigenvalue weighted by molar-refractivity contribution is 6.90. The van der Waals surface area contributed by atoms with E-state index in [0.717, 1.165) is 18.1 Å². The zero-order chi connectivity index (χ0) is 37.8. The van der Waals surface area contributed by atoms with Crippen molar-refractivity contribution in [2.75, 3.05) is 0 Å². The van der Waals surface area contributed by atoms with Gasteiger partial charge in [0.15, 0.2) is 0 Å². The highest BCUT2D eigenvalue weighted by Crippen LogP contribution is 2.34. The first kappa shape index (κ1) is 37.5. The average molecular weight is 751 g/mol. The molecular weight excluding hydrogens is 697 g/mol. The Labute approximate surface area is 327 Å². The van der Waals surface area contributed by atoms with Crippen molar-refractivity contribution >= 4 is 39.8 Å². The molecule has 0 bridgehead atoms. The first-order valence-corrected chi connectivity index (χ1v) is 29.2. The monoisotopic (exact) mass is 750 g/mol. The van der Waals surface area contributed by atoms with Crippen LogP contribution in [0.5, 0.6) is 0 Å². The maximum atomic E-state index is 2.48. The lowest BCUT2D eigenvalue weighted by Crippen LogP contribution is -2.43. The van der Waals surface area contributed by atoms with Crippen molar-refractivity contribution in [1.82, 2.24) is 0 Å². The highest BCUT2D eigenvalue weighted by atomic mass is 28.3. The van der Waals surface area contributed by atoms with Gasteiger partial charge in [-0.25, -0.2) is 0 Å². The molecule has 0 aliphatic carbocycles. The van der Waals surface area contributed by atoms with E-state index in [9.17, 15) is 0 Å². The molecule has 0 saturated heterocycles. The Kier molecular flexibility index (Phi) is 11.0. The zero-order valence-corrected chi connectivity index (χ0v) is 35.9. The van der Waals surface area contributed by atoms with E-state index in [2.05, 4.69) is 221 Å². The van der Waals surface area contributed by atoms with Gasteiger partial charge in [-0.1, -0.05) is 235 Å². The maximum absolute atomic E-state index is 2.48. The Hall–Kier alpha value is -4.81. The van der Waals surface area contributed by atoms with E-state index in [-0.39, 0.29) is 0 Å². The summed E-state index contributed by atoms with van der Waals surface area (Å²) in [5.74, 6) is 0. The van der Waals surface area contributed by atoms with E-state index in [4.69, 9.17) is 0 Å². The van der Waals surface area contributed by atoms with Gasteiger partial charge in [0, 0.05) is 0 Å². The predicted octanol–water partition coefficient (Wildman–Crippen LogP) is 11.8. The summed E-state index contributed by atoms with van der Waals surface area (Å²) in [5, 5.41) is 4.54. The van der Waals surface area contributed by atoms with Crippen LogP contribution in [0.4, 0.5) is 0 Å². The van der Waals surface area contributed by atoms with Crippen LogP contribution in [-0.4, -0.2) is 24.2 Å². The molecule has 0 amide bonds. The Morgan fingerprint density at radius 3 is 0.704 bits per heavy atom. The molecule has 0 aliphatic heterocycles. The Morgan fingerprint density at radius 1 is 0.259 bits per heavy atom. The van der Waals surface area contributed by atoms with E-state index in [1.807, 2.05) is 0 Å². The van der Waals surface area contributed by atoms with E-state index in [1.54, 1.807) is 0 Å². The lowest BCUT2D eigenvalue weighted by atomic mass is 9.92. The third-order valence-electron chi connectivity index (χ3n) is 11.4. The molecule has 0 spiro atoms. The number of hydrogen-bond acceptors (Lipinski definition) is 0. The summed E-state index contributed by atoms with van der Waals surface area (Å²) >= 11 is 0. The quantitative estimate of drug-likeness (QED) is 0.109. The third kappa shape index (κ3) is 8.93. The highest BCUT2D eigenvalue weighted by Gasteiger charge is 2.25. The van der Waals surface area contributed by atoms with Gasteiger partial charge in [-0.2, -0.15) is 0 Å². The van der Waals surface area contributed by atoms with Crippen molar-refractivity contribution in [3.8, 4) is 33.4 Å². The van der Waals surface area contributed by atoms with Crippen molar-refractivity contribution in [2.45, 2.75) is 57.4 Å². The van der Waals surface area contributed by atoms with E-state index in [0.29, 0.717) is 0 Å². The van der Waals surface area contributed by atoms with E-state index < -0.39 is 24.2 Å². The van der Waals surface area contributed by atoms with Crippen LogP contribution in [0.3, 0.4) is 0 Å². The average Bonchev–Trinajstić information content (AvgIpc) is 3.19. The van der Waals surface area contributed by atoms with Gasteiger partial charge in [-0.05, 0) is 69.7 Å². The first-order valence-electron chi connectivity index (χ1n) is 19.5. The van der Waals surface area contributed by atoms with Crippen molar-refractivity contribution < 1.29 is 0 Å². The molecule has 7 rings (SSSR count). The van der Waals surface area contributed by atoms with Crippen molar-refractivity contribution in [3.05, 3.63) is 199 Å². The largest absolute Gasteiger partial charge is 0.0849 e. The Morgan fingerprint density at radius 2 is 0.481 bits per heavy atom. The van der Waals surface area contributed by atoms with Crippen LogP contribution in [0.25, 0.3) is 33.4 Å². The minimum atomic E-state index is -1.60. The summed E-state index contributed by atoms with van der Waals surface area (Å²) in [6, 6.07) is 72.1. The van der Waals surface area contributed by atoms with Crippen LogP contribution >= 0.6 is 0 Å². The SMILES string of the molecule is C[Si](C)(Cc1ccc(-c2cc(-c3ccc(C[Si](C)(C)c4ccccc4)cc3)cc(-c3ccc(C[Si](C)(C)c4ccccc4)cc3)c2)cc1)c1ccccc1. The standard InChI is InChI=1S/C51H54Si3/c1-52(2,49-16-10-7-11-17-49)37-40-22-28-43(29-23-40)46-34-47(44-30-24-41(25-31-44)38-53(3,4)50-18-12-8-13-19-50)36-48(35-46)45-32-26-42(27-33-45)39-54(5,6)51-20-14-9-15-21-51/h7-36H,37-39H2,1-6H3. The molecule has 0 atom stereocenters. The molecule has 0 nitrogen and oxygen atoms in total. The van der Waals surface area contributed by atoms with Crippen LogP contribution in [0.15, 0.2) is 182 Å². The smallest absolute Gasteiger partial charge is 0.0652 e. The molecule has 7 aromatic rings. The molecule has 0 aromatic heterocycles. The number of benzene rings is 7. The van der Waals surface area contributed by atoms with Crippen LogP contribution in [-0.2, 0) is 18.1 Å². The summed E-state index contributed by atoms with van der Waals surface area (Å²) < 4.78 is 0. The molecule has 0 saturated carbocycles. The van der Waals surface area contributed by atoms with Crippen LogP contribution in [0, 0.1) is 0 Å². The first-order chi connectivity index (χ1) is 25.9. The van der Waals surface area contributed by atoms with Gasteiger partial charge in [0.05, 0.1) is 24.2 Å². The summed E-state index contributed by atoms with van der Waals surface area (Å²) in [6.45, 7) is 14.9. The fourth-order valence-corrected chi connectivity index (χ4v) is 15.7. The van der Waals surface area contributed by atoms with Crippen molar-refractivity contribution in [2.24, 2.45) is 0 Å². The molecule has 0 fully saturated rings. The van der Waals surface area contributed by atoms with Gasteiger partial charge in [-0.15, -0.1) is 0 Å². The van der Waals surface area contributed by atoms with E-state index >= 15 is 0 Å². The van der Waals surface area contributed by atoms with E-state index in [1.165, 1.54) is 65.6 Å². The molecule has 54 heavy (non-hydrogen) atoms. The fraction of sp³-hybridized carbons (Fsp3) is 0.176. The minimum absolute atomic E-state index is 1.13. The van der Waals surface area contributed by atoms with Crippen LogP contribution in [0.2, 0.25) is 39.3 Å². The molecule has 3 heteroatoms. The number of rotatable bonds is 12. The van der Waals surface area contributed by atoms with Gasteiger partial charge in [0.2, 0.25) is 0 Å². The molecule has 270 valence electrons. The van der Waals surface area contributed by atoms with Crippen LogP contribution < -0.4 is 15.6 Å². The second-order valence-electron chi connectivity index (χ2n) is 17.2. The minimum Gasteiger partial charge on any atom is -0.0652 e. The van der Waals surface area contributed by atoms with Gasteiger partial charge in [-0.3, -0.25) is 0 Å². The second-order valence-corrected chi connectivity index (χ2v) is 31.3. The summed E-state index contributed by atoms with van der Waals surface area (Å²) in [4.78, 5) is 0. The molecular formula is C51H54Si3. The molecule has 0 unspecified atom stereocenters. The molecule has 0 radical (unpaired) electrons. The maximum Gasteiger partial charge on any atom is 0.0849 e. The molecule has 0 heterocycles. The van der Waals surface area contributed by atoms with Crippen molar-refractivity contribution in [1.29, 1.82) is 0 Å². The molecule has 7 aromatic carbocycles. The predicted molar refractivity (Wildman–Crippen MR) is 245 cm³/mol. The fourth-order valence-electron chi connectivity index (χ4n) is 8.08. The second kappa shape index (κ2) is 15.9. The van der Waals surface area contributed by atoms with Gasteiger partial charge < -0.3 is 0 Å². The van der Waals surface area contributed by atoms with Gasteiger partial charge in [0.25, 0.3) is 0 Å². The lowest BCUT2D eigenvalue weighted by molar-refractivity contribution is 1.32. The van der Waals surface area contributed by atoms with Crippen molar-refractivity contribution in [3.63, 3.8) is 0 Å². The molecule has 0 N–H and O–H groups in total. The molecule has 0 aliphatic rings. The summed E-state index contributed by atoms with van der Waals surface area (Å²) in [7, 11) is -4.79. The Bertz CT molecular complexity index is 2000. The summed E-state index contributed by atoms with van der Waals surface area (Å²) in [5.41, 5.74) is 11.8.